The topological polar surface area (TPSA) is 58.5 Å². The Morgan fingerprint density at radius 2 is 1.47 bits per heavy atom. The molecule has 0 radical (unpaired) electrons. The first-order valence-corrected chi connectivity index (χ1v) is 7.24. The van der Waals surface area contributed by atoms with Gasteiger partial charge in [-0.2, -0.15) is 18.4 Å². The van der Waals surface area contributed by atoms with Crippen LogP contribution in [0.1, 0.15) is 12.5 Å². The number of hydrogen-bond donors (Lipinski definition) is 1. The van der Waals surface area contributed by atoms with Gasteiger partial charge in [0.1, 0.15) is 0 Å². The Hall–Kier alpha value is -2.14. The van der Waals surface area contributed by atoms with E-state index in [4.69, 9.17) is 0 Å². The van der Waals surface area contributed by atoms with Crippen molar-refractivity contribution in [2.45, 2.75) is 11.8 Å². The molecule has 2 rings (SSSR count). The van der Waals surface area contributed by atoms with Gasteiger partial charge in [0.15, 0.2) is 0 Å². The molecule has 0 heterocycles. The number of hydrogen-bond acceptors (Lipinski definition) is 3. The summed E-state index contributed by atoms with van der Waals surface area (Å²) in [6.45, 7) is 1.75. The molecule has 98 valence electrons. The first-order chi connectivity index (χ1) is 9.09. The number of hydrazone groups is 1. The average Bonchev–Trinajstić information content (AvgIpc) is 2.47. The molecule has 0 unspecified atom stereocenters. The van der Waals surface area contributed by atoms with Crippen LogP contribution in [0.4, 0.5) is 0 Å². The quantitative estimate of drug-likeness (QED) is 0.687. The molecule has 0 bridgehead atoms. The second-order valence-electron chi connectivity index (χ2n) is 3.97. The van der Waals surface area contributed by atoms with Crippen LogP contribution >= 0.6 is 0 Å². The second-order valence-corrected chi connectivity index (χ2v) is 5.63. The Bertz CT molecular complexity index is 665. The van der Waals surface area contributed by atoms with E-state index in [-0.39, 0.29) is 4.90 Å². The summed E-state index contributed by atoms with van der Waals surface area (Å²) < 4.78 is 23.9. The van der Waals surface area contributed by atoms with Crippen molar-refractivity contribution >= 4 is 15.7 Å². The van der Waals surface area contributed by atoms with Gasteiger partial charge in [-0.05, 0) is 24.6 Å². The highest BCUT2D eigenvalue weighted by Gasteiger charge is 2.11. The van der Waals surface area contributed by atoms with Crippen molar-refractivity contribution in [2.75, 3.05) is 0 Å². The minimum absolute atomic E-state index is 0.194. The van der Waals surface area contributed by atoms with Crippen LogP contribution in [0.3, 0.4) is 0 Å². The van der Waals surface area contributed by atoms with Crippen molar-refractivity contribution in [1.82, 2.24) is 4.83 Å². The van der Waals surface area contributed by atoms with Crippen LogP contribution < -0.4 is 4.83 Å². The zero-order valence-corrected chi connectivity index (χ0v) is 11.3. The van der Waals surface area contributed by atoms with Crippen molar-refractivity contribution < 1.29 is 8.42 Å². The standard InChI is InChI=1S/C14H14N2O2S/c1-12(13-8-4-2-5-9-13)15-16-19(17,18)14-10-6-3-7-11-14/h2-11,16H,1H3/b15-12-. The SMILES string of the molecule is C/C(=N/NS(=O)(=O)c1ccccc1)c1ccccc1. The van der Waals surface area contributed by atoms with E-state index in [9.17, 15) is 8.42 Å². The van der Waals surface area contributed by atoms with Gasteiger partial charge in [0.2, 0.25) is 0 Å². The third kappa shape index (κ3) is 3.42. The lowest BCUT2D eigenvalue weighted by molar-refractivity contribution is 0.584. The third-order valence-corrected chi connectivity index (χ3v) is 3.80. The molecule has 2 aromatic rings. The Morgan fingerprint density at radius 3 is 2.05 bits per heavy atom. The molecule has 4 nitrogen and oxygen atoms in total. The lowest BCUT2D eigenvalue weighted by Gasteiger charge is -2.05. The fourth-order valence-corrected chi connectivity index (χ4v) is 2.40. The molecule has 19 heavy (non-hydrogen) atoms. The van der Waals surface area contributed by atoms with Crippen molar-refractivity contribution in [1.29, 1.82) is 0 Å². The normalized spacial score (nSPS) is 12.2. The largest absolute Gasteiger partial charge is 0.276 e. The van der Waals surface area contributed by atoms with Gasteiger partial charge in [-0.15, -0.1) is 0 Å². The van der Waals surface area contributed by atoms with Crippen molar-refractivity contribution in [3.63, 3.8) is 0 Å². The van der Waals surface area contributed by atoms with Crippen molar-refractivity contribution in [3.05, 3.63) is 66.2 Å². The molecule has 1 N–H and O–H groups in total. The molecule has 0 aliphatic heterocycles. The molecule has 0 aliphatic rings. The zero-order chi connectivity index (χ0) is 13.7. The third-order valence-electron chi connectivity index (χ3n) is 2.58. The molecular formula is C14H14N2O2S. The molecule has 0 spiro atoms. The van der Waals surface area contributed by atoms with Crippen LogP contribution in [0.15, 0.2) is 70.7 Å². The van der Waals surface area contributed by atoms with E-state index < -0.39 is 10.0 Å². The first-order valence-electron chi connectivity index (χ1n) is 5.76. The maximum absolute atomic E-state index is 11.9. The van der Waals surface area contributed by atoms with Gasteiger partial charge in [-0.1, -0.05) is 48.5 Å². The highest BCUT2D eigenvalue weighted by atomic mass is 32.2. The van der Waals surface area contributed by atoms with Gasteiger partial charge in [-0.3, -0.25) is 0 Å². The minimum Gasteiger partial charge on any atom is -0.200 e. The Morgan fingerprint density at radius 1 is 0.947 bits per heavy atom. The van der Waals surface area contributed by atoms with E-state index in [2.05, 4.69) is 9.93 Å². The number of nitrogens with one attached hydrogen (secondary N) is 1. The van der Waals surface area contributed by atoms with Gasteiger partial charge in [0.05, 0.1) is 10.6 Å². The van der Waals surface area contributed by atoms with Gasteiger partial charge >= 0.3 is 0 Å². The summed E-state index contributed by atoms with van der Waals surface area (Å²) in [5, 5.41) is 3.92. The lowest BCUT2D eigenvalue weighted by atomic mass is 10.1. The maximum Gasteiger partial charge on any atom is 0.276 e. The van der Waals surface area contributed by atoms with Gasteiger partial charge in [0, 0.05) is 0 Å². The van der Waals surface area contributed by atoms with E-state index in [1.807, 2.05) is 30.3 Å². The van der Waals surface area contributed by atoms with Crippen LogP contribution in [0, 0.1) is 0 Å². The molecule has 0 saturated carbocycles. The molecule has 0 aromatic heterocycles. The average molecular weight is 274 g/mol. The molecule has 2 aromatic carbocycles. The van der Waals surface area contributed by atoms with Crippen LogP contribution in [0.25, 0.3) is 0 Å². The second kappa shape index (κ2) is 5.67. The maximum atomic E-state index is 11.9. The van der Waals surface area contributed by atoms with Crippen molar-refractivity contribution in [3.8, 4) is 0 Å². The molecule has 0 fully saturated rings. The van der Waals surface area contributed by atoms with E-state index in [1.54, 1.807) is 25.1 Å². The number of rotatable bonds is 4. The predicted molar refractivity (Wildman–Crippen MR) is 75.4 cm³/mol. The van der Waals surface area contributed by atoms with Crippen LogP contribution in [-0.2, 0) is 10.0 Å². The van der Waals surface area contributed by atoms with Gasteiger partial charge in [-0.25, -0.2) is 0 Å². The minimum atomic E-state index is -3.60. The van der Waals surface area contributed by atoms with Crippen LogP contribution in [0.5, 0.6) is 0 Å². The summed E-state index contributed by atoms with van der Waals surface area (Å²) in [7, 11) is -3.60. The first kappa shape index (κ1) is 13.3. The van der Waals surface area contributed by atoms with Crippen LogP contribution in [-0.4, -0.2) is 14.1 Å². The fraction of sp³-hybridized carbons (Fsp3) is 0.0714. The number of nitrogens with zero attached hydrogens (tertiary/aromatic N) is 1. The highest BCUT2D eigenvalue weighted by Crippen LogP contribution is 2.07. The van der Waals surface area contributed by atoms with Crippen LogP contribution in [0.2, 0.25) is 0 Å². The zero-order valence-electron chi connectivity index (χ0n) is 10.4. The fourth-order valence-electron chi connectivity index (χ4n) is 1.52. The smallest absolute Gasteiger partial charge is 0.200 e. The number of benzene rings is 2. The van der Waals surface area contributed by atoms with Gasteiger partial charge in [0.25, 0.3) is 10.0 Å². The predicted octanol–water partition coefficient (Wildman–Crippen LogP) is 2.39. The summed E-state index contributed by atoms with van der Waals surface area (Å²) in [5.74, 6) is 0. The van der Waals surface area contributed by atoms with E-state index in [0.717, 1.165) is 5.56 Å². The number of sulfonamides is 1. The molecule has 5 heteroatoms. The molecule has 0 atom stereocenters. The van der Waals surface area contributed by atoms with Crippen molar-refractivity contribution in [2.24, 2.45) is 5.10 Å². The summed E-state index contributed by atoms with van der Waals surface area (Å²) >= 11 is 0. The van der Waals surface area contributed by atoms with E-state index >= 15 is 0 Å². The lowest BCUT2D eigenvalue weighted by Crippen LogP contribution is -2.19. The summed E-state index contributed by atoms with van der Waals surface area (Å²) in [5.41, 5.74) is 1.48. The molecule has 0 saturated heterocycles. The van der Waals surface area contributed by atoms with Gasteiger partial charge < -0.3 is 0 Å². The van der Waals surface area contributed by atoms with E-state index in [0.29, 0.717) is 5.71 Å². The summed E-state index contributed by atoms with van der Waals surface area (Å²) in [6.07, 6.45) is 0. The monoisotopic (exact) mass is 274 g/mol. The summed E-state index contributed by atoms with van der Waals surface area (Å²) in [6, 6.07) is 17.5. The highest BCUT2D eigenvalue weighted by molar-refractivity contribution is 7.89. The molecule has 0 aliphatic carbocycles. The Kier molecular flexibility index (Phi) is 3.97. The van der Waals surface area contributed by atoms with E-state index in [1.165, 1.54) is 12.1 Å². The Balaban J connectivity index is 2.19. The summed E-state index contributed by atoms with van der Waals surface area (Å²) in [4.78, 5) is 2.43. The Labute approximate surface area is 112 Å². The molecule has 0 amide bonds. The molecular weight excluding hydrogens is 260 g/mol.